The predicted molar refractivity (Wildman–Crippen MR) is 65.9 cm³/mol. The maximum absolute atomic E-state index is 7.50. The minimum atomic E-state index is 0. The van der Waals surface area contributed by atoms with E-state index in [4.69, 9.17) is 18.7 Å². The Bertz CT molecular complexity index is 421. The maximum atomic E-state index is 7.50. The van der Waals surface area contributed by atoms with Crippen molar-refractivity contribution >= 4 is 0 Å². The summed E-state index contributed by atoms with van der Waals surface area (Å²) in [6, 6.07) is 8.34. The minimum absolute atomic E-state index is 0. The Morgan fingerprint density at radius 1 is 1.05 bits per heavy atom. The van der Waals surface area contributed by atoms with Gasteiger partial charge >= 0.3 is 33.9 Å². The molecule has 0 spiro atoms. The normalized spacial score (nSPS) is 15.9. The first-order chi connectivity index (χ1) is 9.15. The van der Waals surface area contributed by atoms with Crippen LogP contribution in [0.3, 0.4) is 0 Å². The molecule has 0 unspecified atom stereocenters. The summed E-state index contributed by atoms with van der Waals surface area (Å²) in [6.45, 7) is 18.1. The topological polar surface area (TPSA) is 68.9 Å². The second kappa shape index (κ2) is 12.8. The number of hydrogen-bond donors (Lipinski definition) is 0. The van der Waals surface area contributed by atoms with E-state index in [0.717, 1.165) is 5.75 Å². The summed E-state index contributed by atoms with van der Waals surface area (Å²) in [5, 5.41) is 0. The van der Waals surface area contributed by atoms with Crippen molar-refractivity contribution in [2.24, 2.45) is 5.41 Å². The second-order valence-corrected chi connectivity index (χ2v) is 4.49. The molecule has 1 fully saturated rings. The molecule has 0 N–H and O–H groups in total. The van der Waals surface area contributed by atoms with Gasteiger partial charge in [-0.3, -0.25) is 0 Å². The van der Waals surface area contributed by atoms with Crippen LogP contribution in [0.1, 0.15) is 31.7 Å². The summed E-state index contributed by atoms with van der Waals surface area (Å²) >= 11 is 0. The first-order valence-corrected chi connectivity index (χ1v) is 5.39. The Balaban J connectivity index is -0.000000368. The smallest absolute Gasteiger partial charge is 0 e. The Morgan fingerprint density at radius 2 is 1.45 bits per heavy atom. The SMILES string of the molecule is COc1ccccc1[C@H]1CC1(C)C.[C-]#[O+].[C-]#[O+].[C-]#[O+].[Cr]. The van der Waals surface area contributed by atoms with Crippen LogP contribution in [0.5, 0.6) is 5.75 Å². The van der Waals surface area contributed by atoms with E-state index in [1.165, 1.54) is 12.0 Å². The van der Waals surface area contributed by atoms with Crippen molar-refractivity contribution in [3.05, 3.63) is 49.8 Å². The molecule has 2 rings (SSSR count). The van der Waals surface area contributed by atoms with Gasteiger partial charge in [-0.05, 0) is 29.4 Å². The van der Waals surface area contributed by atoms with Crippen molar-refractivity contribution in [3.63, 3.8) is 0 Å². The molecule has 1 aromatic carbocycles. The van der Waals surface area contributed by atoms with Gasteiger partial charge in [-0.1, -0.05) is 32.0 Å². The van der Waals surface area contributed by atoms with E-state index in [0.29, 0.717) is 11.3 Å². The largest absolute Gasteiger partial charge is 0 e. The molecule has 1 atom stereocenters. The molecule has 1 saturated carbocycles. The number of hydrogen-bond acceptors (Lipinski definition) is 1. The first kappa shape index (κ1) is 23.8. The van der Waals surface area contributed by atoms with E-state index < -0.39 is 0 Å². The summed E-state index contributed by atoms with van der Waals surface area (Å²) in [6.07, 6.45) is 1.29. The zero-order chi connectivity index (χ0) is 15.5. The van der Waals surface area contributed by atoms with Crippen LogP contribution >= 0.6 is 0 Å². The van der Waals surface area contributed by atoms with Crippen LogP contribution in [0.2, 0.25) is 0 Å². The van der Waals surface area contributed by atoms with Gasteiger partial charge in [0.05, 0.1) is 7.11 Å². The van der Waals surface area contributed by atoms with Gasteiger partial charge in [0.15, 0.2) is 0 Å². The molecule has 1 aliphatic carbocycles. The Labute approximate surface area is 130 Å². The van der Waals surface area contributed by atoms with Crippen LogP contribution in [0.4, 0.5) is 0 Å². The number of ether oxygens (including phenoxy) is 1. The fraction of sp³-hybridized carbons (Fsp3) is 0.400. The fourth-order valence-corrected chi connectivity index (χ4v) is 1.95. The van der Waals surface area contributed by atoms with E-state index in [1.54, 1.807) is 7.11 Å². The Hall–Kier alpha value is -1.23. The molecular formula is C15H16CrO4. The van der Waals surface area contributed by atoms with Gasteiger partial charge in [0, 0.05) is 17.4 Å². The average molecular weight is 312 g/mol. The van der Waals surface area contributed by atoms with Crippen molar-refractivity contribution in [1.82, 2.24) is 0 Å². The van der Waals surface area contributed by atoms with Crippen molar-refractivity contribution in [2.75, 3.05) is 7.11 Å². The van der Waals surface area contributed by atoms with Gasteiger partial charge in [-0.15, -0.1) is 0 Å². The van der Waals surface area contributed by atoms with E-state index in [1.807, 2.05) is 12.1 Å². The zero-order valence-electron chi connectivity index (χ0n) is 11.6. The summed E-state index contributed by atoms with van der Waals surface area (Å²) in [7, 11) is 1.74. The van der Waals surface area contributed by atoms with Crippen LogP contribution in [0, 0.1) is 25.4 Å². The molecule has 1 aliphatic rings. The summed E-state index contributed by atoms with van der Waals surface area (Å²) in [4.78, 5) is 0. The molecule has 0 amide bonds. The molecule has 0 bridgehead atoms. The van der Waals surface area contributed by atoms with Gasteiger partial charge in [-0.2, -0.15) is 0 Å². The molecule has 0 saturated heterocycles. The molecule has 106 valence electrons. The summed E-state index contributed by atoms with van der Waals surface area (Å²) in [5.74, 6) is 1.74. The molecule has 5 heteroatoms. The maximum Gasteiger partial charge on any atom is 0 e. The quantitative estimate of drug-likeness (QED) is 0.611. The number of methoxy groups -OCH3 is 1. The summed E-state index contributed by atoms with van der Waals surface area (Å²) in [5.41, 5.74) is 1.85. The third-order valence-corrected chi connectivity index (χ3v) is 3.03. The minimum Gasteiger partial charge on any atom is 0 e. The monoisotopic (exact) mass is 312 g/mol. The van der Waals surface area contributed by atoms with Crippen LogP contribution in [0.25, 0.3) is 0 Å². The van der Waals surface area contributed by atoms with Crippen molar-refractivity contribution < 1.29 is 36.1 Å². The van der Waals surface area contributed by atoms with Crippen LogP contribution in [0.15, 0.2) is 24.3 Å². The Morgan fingerprint density at radius 3 is 1.80 bits per heavy atom. The predicted octanol–water partition coefficient (Wildman–Crippen LogP) is 3.09. The van der Waals surface area contributed by atoms with Crippen molar-refractivity contribution in [1.29, 1.82) is 0 Å². The molecule has 0 aliphatic heterocycles. The standard InChI is InChI=1S/C12H16O.3CO.Cr/c1-12(2)8-10(12)9-6-4-5-7-11(9)13-3;3*1-2;/h4-7,10H,8H2,1-3H3;;;;/t10-;;;;/m1..../s1. The van der Waals surface area contributed by atoms with Gasteiger partial charge in [0.2, 0.25) is 0 Å². The zero-order valence-corrected chi connectivity index (χ0v) is 12.9. The number of benzene rings is 1. The van der Waals surface area contributed by atoms with E-state index in [2.05, 4.69) is 45.9 Å². The number of para-hydroxylation sites is 1. The molecule has 0 aromatic heterocycles. The van der Waals surface area contributed by atoms with E-state index >= 15 is 0 Å². The van der Waals surface area contributed by atoms with E-state index in [9.17, 15) is 0 Å². The molecule has 0 radical (unpaired) electrons. The van der Waals surface area contributed by atoms with Gasteiger partial charge < -0.3 is 4.74 Å². The molecule has 20 heavy (non-hydrogen) atoms. The molecule has 0 heterocycles. The van der Waals surface area contributed by atoms with Crippen LogP contribution < -0.4 is 4.74 Å². The molecule has 1 aromatic rings. The Kier molecular flexibility index (Phi) is 15.2. The molecule has 4 nitrogen and oxygen atoms in total. The van der Waals surface area contributed by atoms with Crippen molar-refractivity contribution in [3.8, 4) is 5.75 Å². The van der Waals surface area contributed by atoms with Gasteiger partial charge in [-0.25, -0.2) is 0 Å². The first-order valence-electron chi connectivity index (χ1n) is 5.39. The van der Waals surface area contributed by atoms with Gasteiger partial charge in [0.25, 0.3) is 0 Å². The second-order valence-electron chi connectivity index (χ2n) is 4.49. The van der Waals surface area contributed by atoms with Crippen molar-refractivity contribution in [2.45, 2.75) is 26.2 Å². The average Bonchev–Trinajstić information content (AvgIpc) is 3.14. The summed E-state index contributed by atoms with van der Waals surface area (Å²) < 4.78 is 27.8. The number of rotatable bonds is 2. The third kappa shape index (κ3) is 6.80. The van der Waals surface area contributed by atoms with E-state index in [-0.39, 0.29) is 17.4 Å². The fourth-order valence-electron chi connectivity index (χ4n) is 1.95. The van der Waals surface area contributed by atoms with Gasteiger partial charge in [0.1, 0.15) is 5.75 Å². The molecular weight excluding hydrogens is 296 g/mol. The van der Waals surface area contributed by atoms with Crippen LogP contribution in [-0.2, 0) is 31.3 Å². The third-order valence-electron chi connectivity index (χ3n) is 3.03. The van der Waals surface area contributed by atoms with Crippen LogP contribution in [-0.4, -0.2) is 7.11 Å².